The molecule has 1 amide bonds. The Labute approximate surface area is 116 Å². The van der Waals surface area contributed by atoms with Crippen LogP contribution in [0.15, 0.2) is 40.8 Å². The number of nitrogens with one attached hydrogen (secondary N) is 1. The quantitative estimate of drug-likeness (QED) is 0.881. The van der Waals surface area contributed by atoms with Gasteiger partial charge in [0.2, 0.25) is 0 Å². The van der Waals surface area contributed by atoms with Crippen LogP contribution in [0.25, 0.3) is 0 Å². The molecule has 0 spiro atoms. The van der Waals surface area contributed by atoms with E-state index in [1.54, 1.807) is 37.3 Å². The molecule has 1 aromatic heterocycles. The summed E-state index contributed by atoms with van der Waals surface area (Å²) in [7, 11) is 0. The Bertz CT molecular complexity index is 593. The van der Waals surface area contributed by atoms with Crippen LogP contribution in [0.5, 0.6) is 0 Å². The molecule has 4 nitrogen and oxygen atoms in total. The molecule has 20 heavy (non-hydrogen) atoms. The Kier molecular flexibility index (Phi) is 4.53. The van der Waals surface area contributed by atoms with Gasteiger partial charge in [0.25, 0.3) is 5.91 Å². The third kappa shape index (κ3) is 3.45. The van der Waals surface area contributed by atoms with Crippen LogP contribution in [0.2, 0.25) is 0 Å². The van der Waals surface area contributed by atoms with Crippen LogP contribution in [0.3, 0.4) is 0 Å². The van der Waals surface area contributed by atoms with Crippen LogP contribution in [-0.4, -0.2) is 12.5 Å². The molecule has 1 unspecified atom stereocenters. The van der Waals surface area contributed by atoms with Crippen molar-refractivity contribution in [1.82, 2.24) is 5.32 Å². The molecule has 5 heteroatoms. The smallest absolute Gasteiger partial charge is 0.287 e. The molecule has 106 valence electrons. The number of carbonyl (C=O) groups excluding carboxylic acids is 1. The van der Waals surface area contributed by atoms with Crippen molar-refractivity contribution in [1.29, 1.82) is 0 Å². The maximum Gasteiger partial charge on any atom is 0.287 e. The van der Waals surface area contributed by atoms with Crippen LogP contribution >= 0.6 is 0 Å². The van der Waals surface area contributed by atoms with Crippen LogP contribution in [0, 0.1) is 5.82 Å². The summed E-state index contributed by atoms with van der Waals surface area (Å²) in [5, 5.41) is 2.69. The molecular weight excluding hydrogens is 259 g/mol. The van der Waals surface area contributed by atoms with Crippen molar-refractivity contribution < 1.29 is 13.6 Å². The Hall–Kier alpha value is -2.14. The lowest BCUT2D eigenvalue weighted by Gasteiger charge is -2.05. The summed E-state index contributed by atoms with van der Waals surface area (Å²) in [4.78, 5) is 11.8. The average molecular weight is 276 g/mol. The predicted molar refractivity (Wildman–Crippen MR) is 73.7 cm³/mol. The van der Waals surface area contributed by atoms with E-state index >= 15 is 0 Å². The van der Waals surface area contributed by atoms with E-state index in [2.05, 4.69) is 5.32 Å². The zero-order valence-corrected chi connectivity index (χ0v) is 11.2. The molecule has 0 saturated heterocycles. The Balaban J connectivity index is 1.87. The van der Waals surface area contributed by atoms with Gasteiger partial charge in [0.1, 0.15) is 11.6 Å². The van der Waals surface area contributed by atoms with Crippen LogP contribution in [0.1, 0.15) is 34.8 Å². The highest BCUT2D eigenvalue weighted by molar-refractivity contribution is 5.91. The number of nitrogens with two attached hydrogens (primary N) is 1. The largest absolute Gasteiger partial charge is 0.454 e. The Morgan fingerprint density at radius 2 is 2.10 bits per heavy atom. The van der Waals surface area contributed by atoms with Crippen LogP contribution < -0.4 is 11.1 Å². The van der Waals surface area contributed by atoms with E-state index < -0.39 is 0 Å². The number of hydrogen-bond acceptors (Lipinski definition) is 3. The fourth-order valence-electron chi connectivity index (χ4n) is 1.82. The molecule has 1 heterocycles. The van der Waals surface area contributed by atoms with Gasteiger partial charge in [0.05, 0.1) is 6.04 Å². The zero-order chi connectivity index (χ0) is 14.5. The lowest BCUT2D eigenvalue weighted by molar-refractivity contribution is 0.0924. The van der Waals surface area contributed by atoms with E-state index in [1.807, 2.05) is 0 Å². The van der Waals surface area contributed by atoms with E-state index in [0.717, 1.165) is 0 Å². The van der Waals surface area contributed by atoms with Crippen molar-refractivity contribution in [2.24, 2.45) is 5.73 Å². The minimum Gasteiger partial charge on any atom is -0.454 e. The Morgan fingerprint density at radius 3 is 2.75 bits per heavy atom. The summed E-state index contributed by atoms with van der Waals surface area (Å²) >= 11 is 0. The lowest BCUT2D eigenvalue weighted by atomic mass is 10.1. The van der Waals surface area contributed by atoms with Gasteiger partial charge in [-0.05, 0) is 37.1 Å². The van der Waals surface area contributed by atoms with Gasteiger partial charge in [-0.1, -0.05) is 18.2 Å². The summed E-state index contributed by atoms with van der Waals surface area (Å²) in [6.45, 7) is 2.12. The van der Waals surface area contributed by atoms with Gasteiger partial charge in [0.15, 0.2) is 5.76 Å². The summed E-state index contributed by atoms with van der Waals surface area (Å²) in [6, 6.07) is 9.50. The highest BCUT2D eigenvalue weighted by Crippen LogP contribution is 2.14. The lowest BCUT2D eigenvalue weighted by Crippen LogP contribution is -2.25. The standard InChI is InChI=1S/C15H17FN2O2/c1-10(17)13-6-7-14(20-13)15(19)18-9-8-11-4-2-3-5-12(11)16/h2-7,10H,8-9,17H2,1H3,(H,18,19). The second-order valence-corrected chi connectivity index (χ2v) is 4.59. The number of hydrogen-bond donors (Lipinski definition) is 2. The summed E-state index contributed by atoms with van der Waals surface area (Å²) < 4.78 is 18.7. The van der Waals surface area contributed by atoms with Crippen molar-refractivity contribution in [2.75, 3.05) is 6.54 Å². The minimum absolute atomic E-state index is 0.214. The van der Waals surface area contributed by atoms with Crippen LogP contribution in [0.4, 0.5) is 4.39 Å². The molecule has 1 atom stereocenters. The molecule has 0 aliphatic carbocycles. The van der Waals surface area contributed by atoms with Crippen molar-refractivity contribution >= 4 is 5.91 Å². The third-order valence-electron chi connectivity index (χ3n) is 2.94. The average Bonchev–Trinajstić information content (AvgIpc) is 2.91. The molecule has 0 aliphatic heterocycles. The Morgan fingerprint density at radius 1 is 1.35 bits per heavy atom. The first kappa shape index (κ1) is 14.3. The van der Waals surface area contributed by atoms with Crippen molar-refractivity contribution in [3.63, 3.8) is 0 Å². The zero-order valence-electron chi connectivity index (χ0n) is 11.2. The second kappa shape index (κ2) is 6.34. The van der Waals surface area contributed by atoms with E-state index in [9.17, 15) is 9.18 Å². The molecule has 1 aromatic carbocycles. The van der Waals surface area contributed by atoms with E-state index in [1.165, 1.54) is 6.07 Å². The number of rotatable bonds is 5. The fourth-order valence-corrected chi connectivity index (χ4v) is 1.82. The van der Waals surface area contributed by atoms with Gasteiger partial charge in [-0.3, -0.25) is 4.79 Å². The molecule has 0 bridgehead atoms. The molecule has 2 rings (SSSR count). The normalized spacial score (nSPS) is 12.2. The summed E-state index contributed by atoms with van der Waals surface area (Å²) in [6.07, 6.45) is 0.430. The van der Waals surface area contributed by atoms with Gasteiger partial charge >= 0.3 is 0 Å². The molecule has 0 saturated carbocycles. The first-order valence-corrected chi connectivity index (χ1v) is 6.45. The first-order valence-electron chi connectivity index (χ1n) is 6.45. The minimum atomic E-state index is -0.326. The van der Waals surface area contributed by atoms with E-state index in [0.29, 0.717) is 24.3 Å². The highest BCUT2D eigenvalue weighted by Gasteiger charge is 2.12. The maximum atomic E-state index is 13.4. The number of furan rings is 1. The van der Waals surface area contributed by atoms with Crippen LogP contribution in [-0.2, 0) is 6.42 Å². The SMILES string of the molecule is CC(N)c1ccc(C(=O)NCCc2ccccc2F)o1. The molecule has 0 radical (unpaired) electrons. The van der Waals surface area contributed by atoms with Gasteiger partial charge < -0.3 is 15.5 Å². The molecule has 3 N–H and O–H groups in total. The van der Waals surface area contributed by atoms with Gasteiger partial charge in [-0.15, -0.1) is 0 Å². The van der Waals surface area contributed by atoms with Gasteiger partial charge in [-0.2, -0.15) is 0 Å². The molecule has 2 aromatic rings. The maximum absolute atomic E-state index is 13.4. The topological polar surface area (TPSA) is 68.3 Å². The summed E-state index contributed by atoms with van der Waals surface area (Å²) in [5.74, 6) is 0.183. The molecular formula is C15H17FN2O2. The number of amides is 1. The van der Waals surface area contributed by atoms with Gasteiger partial charge in [0, 0.05) is 6.54 Å². The van der Waals surface area contributed by atoms with Crippen molar-refractivity contribution in [2.45, 2.75) is 19.4 Å². The van der Waals surface area contributed by atoms with Crippen molar-refractivity contribution in [3.8, 4) is 0 Å². The monoisotopic (exact) mass is 276 g/mol. The fraction of sp³-hybridized carbons (Fsp3) is 0.267. The van der Waals surface area contributed by atoms with Crippen molar-refractivity contribution in [3.05, 3.63) is 59.3 Å². The van der Waals surface area contributed by atoms with E-state index in [4.69, 9.17) is 10.2 Å². The first-order chi connectivity index (χ1) is 9.58. The molecule has 0 aliphatic rings. The third-order valence-corrected chi connectivity index (χ3v) is 2.94. The number of carbonyl (C=O) groups is 1. The van der Waals surface area contributed by atoms with E-state index in [-0.39, 0.29) is 23.5 Å². The number of halogens is 1. The predicted octanol–water partition coefficient (Wildman–Crippen LogP) is 2.41. The molecule has 0 fully saturated rings. The highest BCUT2D eigenvalue weighted by atomic mass is 19.1. The second-order valence-electron chi connectivity index (χ2n) is 4.59. The summed E-state index contributed by atoms with van der Waals surface area (Å²) in [5.41, 5.74) is 6.23. The van der Waals surface area contributed by atoms with Gasteiger partial charge in [-0.25, -0.2) is 4.39 Å². The number of benzene rings is 1.